The average molecular weight is 887 g/mol. The average Bonchev–Trinajstić information content (AvgIpc) is 3.71. The van der Waals surface area contributed by atoms with Gasteiger partial charge in [0, 0.05) is 0 Å². The first-order valence-corrected chi connectivity index (χ1v) is 26.4. The Morgan fingerprint density at radius 3 is 0.827 bits per heavy atom. The van der Waals surface area contributed by atoms with Crippen LogP contribution in [0.4, 0.5) is 0 Å². The Balaban J connectivity index is 0.000000522. The van der Waals surface area contributed by atoms with Crippen molar-refractivity contribution in [3.05, 3.63) is 40.6 Å². The first kappa shape index (κ1) is 50.4. The summed E-state index contributed by atoms with van der Waals surface area (Å²) in [7, 11) is 0. The summed E-state index contributed by atoms with van der Waals surface area (Å²) in [4.78, 5) is 0. The lowest BCUT2D eigenvalue weighted by Gasteiger charge is -2.07. The van der Waals surface area contributed by atoms with Gasteiger partial charge in [-0.25, -0.2) is 0 Å². The molecule has 0 aliphatic carbocycles. The van der Waals surface area contributed by atoms with Crippen LogP contribution in [0, 0.1) is 0 Å². The molecular formula is C48H86Br2S2. The molecule has 0 nitrogen and oxygen atoms in total. The SMILES string of the molecule is CCCCCCCCCCc1c(Br)sc(Br)c1CCCCCCCCCC.CCCCCCCCCCc1cscc1CCCCCCCCCC. The van der Waals surface area contributed by atoms with Crippen LogP contribution in [-0.4, -0.2) is 0 Å². The Labute approximate surface area is 351 Å². The molecule has 2 rings (SSSR count). The van der Waals surface area contributed by atoms with Crippen LogP contribution < -0.4 is 0 Å². The molecule has 2 aromatic rings. The third kappa shape index (κ3) is 27.9. The normalized spacial score (nSPS) is 11.3. The summed E-state index contributed by atoms with van der Waals surface area (Å²) in [5, 5.41) is 4.84. The van der Waals surface area contributed by atoms with Gasteiger partial charge in [0.1, 0.15) is 0 Å². The molecule has 0 aliphatic heterocycles. The Kier molecular flexibility index (Phi) is 37.1. The lowest BCUT2D eigenvalue weighted by Crippen LogP contribution is -1.94. The first-order chi connectivity index (χ1) is 25.6. The van der Waals surface area contributed by atoms with Gasteiger partial charge in [-0.3, -0.25) is 0 Å². The summed E-state index contributed by atoms with van der Waals surface area (Å²) < 4.78 is 2.73. The highest BCUT2D eigenvalue weighted by molar-refractivity contribution is 9.12. The van der Waals surface area contributed by atoms with Gasteiger partial charge in [0.2, 0.25) is 0 Å². The monoisotopic (exact) mass is 884 g/mol. The molecule has 0 saturated heterocycles. The van der Waals surface area contributed by atoms with E-state index in [9.17, 15) is 0 Å². The van der Waals surface area contributed by atoms with E-state index in [1.807, 2.05) is 22.7 Å². The molecule has 0 fully saturated rings. The van der Waals surface area contributed by atoms with Gasteiger partial charge in [0.05, 0.1) is 7.57 Å². The van der Waals surface area contributed by atoms with Crippen molar-refractivity contribution in [3.8, 4) is 0 Å². The minimum atomic E-state index is 1.25. The van der Waals surface area contributed by atoms with E-state index >= 15 is 0 Å². The molecule has 304 valence electrons. The van der Waals surface area contributed by atoms with Crippen molar-refractivity contribution in [1.29, 1.82) is 0 Å². The van der Waals surface area contributed by atoms with Crippen LogP contribution in [0.5, 0.6) is 0 Å². The summed E-state index contributed by atoms with van der Waals surface area (Å²) in [5.74, 6) is 0. The third-order valence-corrected chi connectivity index (χ3v) is 14.6. The zero-order valence-corrected chi connectivity index (χ0v) is 40.0. The predicted octanol–water partition coefficient (Wildman–Crippen LogP) is 19.8. The summed E-state index contributed by atoms with van der Waals surface area (Å²) in [6, 6.07) is 0. The second-order valence-corrected chi connectivity index (χ2v) is 20.3. The fourth-order valence-corrected chi connectivity index (χ4v) is 11.8. The molecule has 0 bridgehead atoms. The van der Waals surface area contributed by atoms with Crippen molar-refractivity contribution in [2.45, 2.75) is 259 Å². The van der Waals surface area contributed by atoms with Gasteiger partial charge in [-0.2, -0.15) is 11.3 Å². The molecule has 0 saturated carbocycles. The smallest absolute Gasteiger partial charge is 0.0745 e. The Hall–Kier alpha value is 0.360. The maximum Gasteiger partial charge on any atom is 0.0745 e. The quantitative estimate of drug-likeness (QED) is 0.0598. The molecule has 2 aromatic heterocycles. The van der Waals surface area contributed by atoms with Crippen molar-refractivity contribution >= 4 is 54.5 Å². The molecule has 0 atom stereocenters. The highest BCUT2D eigenvalue weighted by atomic mass is 79.9. The van der Waals surface area contributed by atoms with Crippen molar-refractivity contribution in [2.24, 2.45) is 0 Å². The highest BCUT2D eigenvalue weighted by Crippen LogP contribution is 2.39. The highest BCUT2D eigenvalue weighted by Gasteiger charge is 2.14. The fraction of sp³-hybridized carbons (Fsp3) is 0.833. The second-order valence-electron chi connectivity index (χ2n) is 15.9. The van der Waals surface area contributed by atoms with E-state index < -0.39 is 0 Å². The molecule has 0 unspecified atom stereocenters. The zero-order valence-electron chi connectivity index (χ0n) is 35.2. The van der Waals surface area contributed by atoms with Crippen LogP contribution >= 0.6 is 54.5 Å². The second kappa shape index (κ2) is 38.2. The molecule has 0 N–H and O–H groups in total. The lowest BCUT2D eigenvalue weighted by atomic mass is 10.00. The number of rotatable bonds is 36. The number of thiophene rings is 2. The van der Waals surface area contributed by atoms with E-state index in [1.54, 1.807) is 22.3 Å². The van der Waals surface area contributed by atoms with E-state index in [0.717, 1.165) is 0 Å². The van der Waals surface area contributed by atoms with Crippen molar-refractivity contribution in [3.63, 3.8) is 0 Å². The summed E-state index contributed by atoms with van der Waals surface area (Å²) in [5.41, 5.74) is 6.53. The number of aryl methyl sites for hydroxylation is 2. The minimum absolute atomic E-state index is 1.25. The maximum absolute atomic E-state index is 3.83. The number of hydrogen-bond acceptors (Lipinski definition) is 2. The standard InChI is InChI=1S/C24H42Br2S.C24H44S/c1-3-5-7-9-11-13-15-17-19-21-22(24(26)27-23(21)25)20-18-16-14-12-10-8-6-4-2;1-3-5-7-9-11-13-15-17-19-23-21-25-22-24(23)20-18-16-14-12-10-8-6-4-2/h3-20H2,1-2H3;21-22H,3-20H2,1-2H3. The van der Waals surface area contributed by atoms with Gasteiger partial charge in [-0.15, -0.1) is 11.3 Å². The van der Waals surface area contributed by atoms with E-state index in [-0.39, 0.29) is 0 Å². The topological polar surface area (TPSA) is 0 Å². The van der Waals surface area contributed by atoms with Gasteiger partial charge in [-0.1, -0.05) is 207 Å². The molecule has 4 heteroatoms. The zero-order chi connectivity index (χ0) is 37.7. The van der Waals surface area contributed by atoms with Gasteiger partial charge in [-0.05, 0) is 116 Å². The van der Waals surface area contributed by atoms with Crippen molar-refractivity contribution < 1.29 is 0 Å². The summed E-state index contributed by atoms with van der Waals surface area (Å²) >= 11 is 11.5. The van der Waals surface area contributed by atoms with E-state index in [1.165, 1.54) is 239 Å². The van der Waals surface area contributed by atoms with Crippen LogP contribution in [-0.2, 0) is 25.7 Å². The van der Waals surface area contributed by atoms with E-state index in [0.29, 0.717) is 0 Å². The van der Waals surface area contributed by atoms with E-state index in [2.05, 4.69) is 70.3 Å². The van der Waals surface area contributed by atoms with Crippen LogP contribution in [0.3, 0.4) is 0 Å². The van der Waals surface area contributed by atoms with Gasteiger partial charge < -0.3 is 0 Å². The summed E-state index contributed by atoms with van der Waals surface area (Å²) in [6.45, 7) is 9.18. The Morgan fingerprint density at radius 1 is 0.327 bits per heavy atom. The summed E-state index contributed by atoms with van der Waals surface area (Å²) in [6.07, 6.45) is 50.4. The fourth-order valence-electron chi connectivity index (χ4n) is 7.50. The molecule has 0 radical (unpaired) electrons. The van der Waals surface area contributed by atoms with Gasteiger partial charge in [0.25, 0.3) is 0 Å². The van der Waals surface area contributed by atoms with Gasteiger partial charge in [0.15, 0.2) is 0 Å². The van der Waals surface area contributed by atoms with Crippen LogP contribution in [0.2, 0.25) is 0 Å². The number of hydrogen-bond donors (Lipinski definition) is 0. The largest absolute Gasteiger partial charge is 0.152 e. The van der Waals surface area contributed by atoms with Crippen LogP contribution in [0.25, 0.3) is 0 Å². The van der Waals surface area contributed by atoms with Gasteiger partial charge >= 0.3 is 0 Å². The Morgan fingerprint density at radius 2 is 0.558 bits per heavy atom. The van der Waals surface area contributed by atoms with Crippen LogP contribution in [0.15, 0.2) is 18.3 Å². The molecule has 52 heavy (non-hydrogen) atoms. The molecular weight excluding hydrogens is 800 g/mol. The maximum atomic E-state index is 3.83. The third-order valence-electron chi connectivity index (χ3n) is 11.0. The van der Waals surface area contributed by atoms with Crippen LogP contribution in [0.1, 0.15) is 255 Å². The molecule has 2 heterocycles. The van der Waals surface area contributed by atoms with E-state index in [4.69, 9.17) is 0 Å². The lowest BCUT2D eigenvalue weighted by molar-refractivity contribution is 0.570. The molecule has 0 amide bonds. The first-order valence-electron chi connectivity index (χ1n) is 23.1. The number of unbranched alkanes of at least 4 members (excludes halogenated alkanes) is 28. The Bertz CT molecular complexity index is 933. The molecule has 0 spiro atoms. The van der Waals surface area contributed by atoms with Crippen molar-refractivity contribution in [1.82, 2.24) is 0 Å². The molecule has 0 aliphatic rings. The van der Waals surface area contributed by atoms with Crippen molar-refractivity contribution in [2.75, 3.05) is 0 Å². The predicted molar refractivity (Wildman–Crippen MR) is 249 cm³/mol. The minimum Gasteiger partial charge on any atom is -0.152 e. The molecule has 0 aromatic carbocycles. The number of halogens is 2.